The highest BCUT2D eigenvalue weighted by Crippen LogP contribution is 2.31. The zero-order valence-corrected chi connectivity index (χ0v) is 8.00. The molecule has 0 unspecified atom stereocenters. The van der Waals surface area contributed by atoms with Crippen molar-refractivity contribution in [2.24, 2.45) is 5.92 Å². The van der Waals surface area contributed by atoms with Crippen LogP contribution in [0.1, 0.15) is 23.9 Å². The number of thiazole rings is 1. The number of aryl methyl sites for hydroxylation is 1. The molecular formula is C8H10ClNS. The smallest absolute Gasteiger partial charge is 0.184 e. The Balaban J connectivity index is 2.34. The molecule has 60 valence electrons. The van der Waals surface area contributed by atoms with Crippen molar-refractivity contribution in [3.05, 3.63) is 15.0 Å². The first-order valence-corrected chi connectivity index (χ1v) is 5.09. The molecule has 0 aliphatic heterocycles. The lowest BCUT2D eigenvalue weighted by molar-refractivity contribution is 0.502. The normalized spacial score (nSPS) is 23.3. The summed E-state index contributed by atoms with van der Waals surface area (Å²) in [5.74, 6) is 0.819. The molecule has 0 saturated heterocycles. The second-order valence-corrected chi connectivity index (χ2v) is 4.85. The van der Waals surface area contributed by atoms with E-state index in [1.54, 1.807) is 11.3 Å². The van der Waals surface area contributed by atoms with Gasteiger partial charge in [-0.1, -0.05) is 18.5 Å². The van der Waals surface area contributed by atoms with Crippen molar-refractivity contribution in [3.63, 3.8) is 0 Å². The number of aromatic nitrogens is 1. The molecule has 0 amide bonds. The minimum atomic E-state index is 0.712. The summed E-state index contributed by atoms with van der Waals surface area (Å²) in [6, 6.07) is 0. The molecule has 1 aromatic heterocycles. The maximum atomic E-state index is 5.81. The van der Waals surface area contributed by atoms with Crippen molar-refractivity contribution >= 4 is 22.9 Å². The van der Waals surface area contributed by atoms with E-state index in [1.165, 1.54) is 23.4 Å². The highest BCUT2D eigenvalue weighted by atomic mass is 35.5. The average Bonchev–Trinajstić information content (AvgIpc) is 2.27. The fraction of sp³-hybridized carbons (Fsp3) is 0.625. The minimum Gasteiger partial charge on any atom is -0.230 e. The molecule has 2 rings (SSSR count). The Morgan fingerprint density at radius 3 is 3.27 bits per heavy atom. The molecule has 1 aliphatic carbocycles. The predicted octanol–water partition coefficient (Wildman–Crippen LogP) is 2.92. The zero-order valence-electron chi connectivity index (χ0n) is 6.43. The van der Waals surface area contributed by atoms with Crippen LogP contribution in [0.5, 0.6) is 0 Å². The molecule has 1 nitrogen and oxygen atoms in total. The SMILES string of the molecule is C[C@H]1CCc2nc(Cl)sc2C1. The third-order valence-electron chi connectivity index (χ3n) is 2.16. The molecule has 11 heavy (non-hydrogen) atoms. The zero-order chi connectivity index (χ0) is 7.84. The maximum Gasteiger partial charge on any atom is 0.184 e. The Bertz CT molecular complexity index is 269. The number of hydrogen-bond donors (Lipinski definition) is 0. The molecule has 1 heterocycles. The third kappa shape index (κ3) is 1.42. The molecule has 1 aromatic rings. The van der Waals surface area contributed by atoms with Crippen LogP contribution in [0.2, 0.25) is 4.47 Å². The van der Waals surface area contributed by atoms with Gasteiger partial charge in [-0.2, -0.15) is 0 Å². The summed E-state index contributed by atoms with van der Waals surface area (Å²) in [5, 5.41) is 0. The average molecular weight is 188 g/mol. The minimum absolute atomic E-state index is 0.712. The molecule has 0 bridgehead atoms. The lowest BCUT2D eigenvalue weighted by atomic mass is 9.93. The maximum absolute atomic E-state index is 5.81. The van der Waals surface area contributed by atoms with E-state index in [0.717, 1.165) is 12.3 Å². The summed E-state index contributed by atoms with van der Waals surface area (Å²) in [6.45, 7) is 2.29. The second kappa shape index (κ2) is 2.76. The van der Waals surface area contributed by atoms with Crippen LogP contribution < -0.4 is 0 Å². The summed E-state index contributed by atoms with van der Waals surface area (Å²) in [5.41, 5.74) is 1.25. The van der Waals surface area contributed by atoms with E-state index in [9.17, 15) is 0 Å². The van der Waals surface area contributed by atoms with E-state index in [4.69, 9.17) is 11.6 Å². The molecule has 0 N–H and O–H groups in total. The van der Waals surface area contributed by atoms with Gasteiger partial charge in [-0.15, -0.1) is 11.3 Å². The van der Waals surface area contributed by atoms with E-state index in [1.807, 2.05) is 0 Å². The fourth-order valence-corrected chi connectivity index (χ4v) is 2.88. The number of rotatable bonds is 0. The van der Waals surface area contributed by atoms with Gasteiger partial charge in [0.15, 0.2) is 4.47 Å². The van der Waals surface area contributed by atoms with Gasteiger partial charge in [0.2, 0.25) is 0 Å². The van der Waals surface area contributed by atoms with Crippen molar-refractivity contribution in [2.45, 2.75) is 26.2 Å². The van der Waals surface area contributed by atoms with Crippen molar-refractivity contribution in [2.75, 3.05) is 0 Å². The van der Waals surface area contributed by atoms with Gasteiger partial charge >= 0.3 is 0 Å². The van der Waals surface area contributed by atoms with E-state index < -0.39 is 0 Å². The van der Waals surface area contributed by atoms with Crippen LogP contribution in [0.25, 0.3) is 0 Å². The first kappa shape index (κ1) is 7.56. The van der Waals surface area contributed by atoms with Crippen LogP contribution in [0.3, 0.4) is 0 Å². The largest absolute Gasteiger partial charge is 0.230 e. The summed E-state index contributed by atoms with van der Waals surface area (Å²) >= 11 is 7.45. The summed E-state index contributed by atoms with van der Waals surface area (Å²) in [6.07, 6.45) is 3.58. The van der Waals surface area contributed by atoms with Crippen LogP contribution in [-0.2, 0) is 12.8 Å². The van der Waals surface area contributed by atoms with Crippen LogP contribution in [0.4, 0.5) is 0 Å². The van der Waals surface area contributed by atoms with Gasteiger partial charge in [-0.3, -0.25) is 0 Å². The van der Waals surface area contributed by atoms with Crippen molar-refractivity contribution in [3.8, 4) is 0 Å². The Morgan fingerprint density at radius 2 is 2.45 bits per heavy atom. The number of halogens is 1. The van der Waals surface area contributed by atoms with Gasteiger partial charge in [-0.05, 0) is 25.2 Å². The molecule has 0 aromatic carbocycles. The molecule has 3 heteroatoms. The number of fused-ring (bicyclic) bond motifs is 1. The number of hydrogen-bond acceptors (Lipinski definition) is 2. The van der Waals surface area contributed by atoms with Gasteiger partial charge in [-0.25, -0.2) is 4.98 Å². The van der Waals surface area contributed by atoms with Crippen molar-refractivity contribution in [1.29, 1.82) is 0 Å². The van der Waals surface area contributed by atoms with Crippen LogP contribution in [-0.4, -0.2) is 4.98 Å². The molecular weight excluding hydrogens is 178 g/mol. The lowest BCUT2D eigenvalue weighted by Gasteiger charge is -2.15. The Morgan fingerprint density at radius 1 is 1.64 bits per heavy atom. The van der Waals surface area contributed by atoms with Gasteiger partial charge in [0.1, 0.15) is 0 Å². The topological polar surface area (TPSA) is 12.9 Å². The highest BCUT2D eigenvalue weighted by molar-refractivity contribution is 7.15. The summed E-state index contributed by atoms with van der Waals surface area (Å²) in [4.78, 5) is 5.68. The monoisotopic (exact) mass is 187 g/mol. The quantitative estimate of drug-likeness (QED) is 0.609. The molecule has 0 spiro atoms. The van der Waals surface area contributed by atoms with Crippen LogP contribution in [0.15, 0.2) is 0 Å². The lowest BCUT2D eigenvalue weighted by Crippen LogP contribution is -2.08. The Hall–Kier alpha value is -0.0800. The van der Waals surface area contributed by atoms with Gasteiger partial charge in [0.25, 0.3) is 0 Å². The Labute approximate surface area is 75.4 Å². The van der Waals surface area contributed by atoms with Crippen LogP contribution >= 0.6 is 22.9 Å². The van der Waals surface area contributed by atoms with Crippen molar-refractivity contribution in [1.82, 2.24) is 4.98 Å². The first-order valence-electron chi connectivity index (χ1n) is 3.90. The van der Waals surface area contributed by atoms with E-state index in [0.29, 0.717) is 4.47 Å². The van der Waals surface area contributed by atoms with Crippen molar-refractivity contribution < 1.29 is 0 Å². The highest BCUT2D eigenvalue weighted by Gasteiger charge is 2.18. The van der Waals surface area contributed by atoms with Gasteiger partial charge in [0, 0.05) is 4.88 Å². The number of nitrogens with zero attached hydrogens (tertiary/aromatic N) is 1. The molecule has 0 radical (unpaired) electrons. The van der Waals surface area contributed by atoms with E-state index in [2.05, 4.69) is 11.9 Å². The van der Waals surface area contributed by atoms with Crippen LogP contribution in [0, 0.1) is 5.92 Å². The second-order valence-electron chi connectivity index (χ2n) is 3.18. The summed E-state index contributed by atoms with van der Waals surface area (Å²) in [7, 11) is 0. The van der Waals surface area contributed by atoms with Gasteiger partial charge in [0.05, 0.1) is 5.69 Å². The molecule has 0 saturated carbocycles. The standard InChI is InChI=1S/C8H10ClNS/c1-5-2-3-6-7(4-5)11-8(9)10-6/h5H,2-4H2,1H3/t5-/m0/s1. The predicted molar refractivity (Wildman–Crippen MR) is 48.3 cm³/mol. The third-order valence-corrected chi connectivity index (χ3v) is 3.38. The molecule has 1 aliphatic rings. The first-order chi connectivity index (χ1) is 5.25. The fourth-order valence-electron chi connectivity index (χ4n) is 1.51. The van der Waals surface area contributed by atoms with E-state index >= 15 is 0 Å². The Kier molecular flexibility index (Phi) is 1.90. The molecule has 0 fully saturated rings. The summed E-state index contributed by atoms with van der Waals surface area (Å²) < 4.78 is 0.712. The van der Waals surface area contributed by atoms with E-state index in [-0.39, 0.29) is 0 Å². The molecule has 1 atom stereocenters. The van der Waals surface area contributed by atoms with Gasteiger partial charge < -0.3 is 0 Å².